The molecule has 2 saturated carbocycles. The molecule has 0 saturated heterocycles. The van der Waals surface area contributed by atoms with Crippen molar-refractivity contribution >= 4 is 11.6 Å². The third-order valence-electron chi connectivity index (χ3n) is 5.67. The van der Waals surface area contributed by atoms with Gasteiger partial charge >= 0.3 is 0 Å². The van der Waals surface area contributed by atoms with Crippen LogP contribution in [-0.4, -0.2) is 12.6 Å². The molecule has 0 spiro atoms. The largest absolute Gasteiger partial charge is 0.493 e. The first-order valence-electron chi connectivity index (χ1n) is 8.18. The van der Waals surface area contributed by atoms with Gasteiger partial charge in [-0.15, -0.1) is 0 Å². The molecule has 0 amide bonds. The highest BCUT2D eigenvalue weighted by Gasteiger charge is 2.53. The third-order valence-corrected chi connectivity index (χ3v) is 5.88. The number of fused-ring (bicyclic) bond motifs is 2. The van der Waals surface area contributed by atoms with Gasteiger partial charge in [-0.05, 0) is 60.3 Å². The van der Waals surface area contributed by atoms with E-state index in [2.05, 4.69) is 11.5 Å². The van der Waals surface area contributed by atoms with Crippen molar-refractivity contribution in [3.05, 3.63) is 28.3 Å². The lowest BCUT2D eigenvalue weighted by Crippen LogP contribution is -2.39. The Morgan fingerprint density at radius 2 is 2.05 bits per heavy atom. The van der Waals surface area contributed by atoms with E-state index in [1.807, 2.05) is 6.07 Å². The van der Waals surface area contributed by atoms with Gasteiger partial charge in [-0.25, -0.2) is 0 Å². The van der Waals surface area contributed by atoms with Crippen LogP contribution in [0.2, 0.25) is 5.02 Å². The number of nitrogens with one attached hydrogen (secondary N) is 1. The van der Waals surface area contributed by atoms with E-state index in [4.69, 9.17) is 22.2 Å². The topological polar surface area (TPSA) is 47.3 Å². The molecule has 3 atom stereocenters. The van der Waals surface area contributed by atoms with Gasteiger partial charge in [0.05, 0.1) is 6.61 Å². The molecule has 4 rings (SSSR count). The maximum absolute atomic E-state index is 6.27. The van der Waals surface area contributed by atoms with Crippen LogP contribution in [0, 0.1) is 17.8 Å². The van der Waals surface area contributed by atoms with E-state index in [1.54, 1.807) is 0 Å². The maximum Gasteiger partial charge on any atom is 0.125 e. The standard InChI is InChI=1S/C17H23ClN2O/c18-12-7-10-5-6-21-17(10)11(8-12)9-15(20-19)16-13-3-1-2-4-14(13)16/h7-8,13-16,20H,1-6,9,19H2. The van der Waals surface area contributed by atoms with Gasteiger partial charge in [-0.3, -0.25) is 11.3 Å². The summed E-state index contributed by atoms with van der Waals surface area (Å²) in [6.45, 7) is 0.776. The Balaban J connectivity index is 1.55. The normalized spacial score (nSPS) is 31.2. The van der Waals surface area contributed by atoms with Crippen molar-refractivity contribution in [2.24, 2.45) is 23.6 Å². The number of rotatable bonds is 4. The quantitative estimate of drug-likeness (QED) is 0.664. The molecule has 3 nitrogen and oxygen atoms in total. The van der Waals surface area contributed by atoms with Crippen molar-refractivity contribution in [1.29, 1.82) is 0 Å². The SMILES string of the molecule is NNC(Cc1cc(Cl)cc2c1OCC2)C1C2CCCCC21. The molecule has 0 radical (unpaired) electrons. The molecule has 4 heteroatoms. The molecule has 3 aliphatic rings. The van der Waals surface area contributed by atoms with Gasteiger partial charge in [0.2, 0.25) is 0 Å². The second kappa shape index (κ2) is 5.45. The predicted molar refractivity (Wildman–Crippen MR) is 84.4 cm³/mol. The Morgan fingerprint density at radius 3 is 2.76 bits per heavy atom. The van der Waals surface area contributed by atoms with Crippen LogP contribution in [0.15, 0.2) is 12.1 Å². The molecule has 3 unspecified atom stereocenters. The summed E-state index contributed by atoms with van der Waals surface area (Å²) >= 11 is 6.27. The minimum absolute atomic E-state index is 0.352. The molecule has 3 N–H and O–H groups in total. The second-order valence-electron chi connectivity index (χ2n) is 6.82. The summed E-state index contributed by atoms with van der Waals surface area (Å²) in [7, 11) is 0. The molecule has 0 aromatic heterocycles. The van der Waals surface area contributed by atoms with Gasteiger partial charge in [0.15, 0.2) is 0 Å². The molecule has 1 aromatic rings. The lowest BCUT2D eigenvalue weighted by Gasteiger charge is -2.18. The summed E-state index contributed by atoms with van der Waals surface area (Å²) in [6.07, 6.45) is 7.46. The molecule has 1 aliphatic heterocycles. The molecular weight excluding hydrogens is 284 g/mol. The molecule has 1 heterocycles. The van der Waals surface area contributed by atoms with Crippen molar-refractivity contribution < 1.29 is 4.74 Å². The lowest BCUT2D eigenvalue weighted by atomic mass is 9.97. The molecule has 21 heavy (non-hydrogen) atoms. The molecule has 114 valence electrons. The molecule has 2 fully saturated rings. The van der Waals surface area contributed by atoms with Crippen LogP contribution in [0.5, 0.6) is 5.75 Å². The molecule has 1 aromatic carbocycles. The molecule has 0 bridgehead atoms. The van der Waals surface area contributed by atoms with Crippen molar-refractivity contribution in [3.8, 4) is 5.75 Å². The number of halogens is 1. The van der Waals surface area contributed by atoms with E-state index in [9.17, 15) is 0 Å². The van der Waals surface area contributed by atoms with Gasteiger partial charge in [-0.1, -0.05) is 24.4 Å². The molecule has 2 aliphatic carbocycles. The Labute approximate surface area is 131 Å². The van der Waals surface area contributed by atoms with Crippen LogP contribution in [0.3, 0.4) is 0 Å². The van der Waals surface area contributed by atoms with Crippen LogP contribution >= 0.6 is 11.6 Å². The number of benzene rings is 1. The average Bonchev–Trinajstić information content (AvgIpc) is 3.02. The highest BCUT2D eigenvalue weighted by atomic mass is 35.5. The number of hydrogen-bond acceptors (Lipinski definition) is 3. The Hall–Kier alpha value is -0.770. The summed E-state index contributed by atoms with van der Waals surface area (Å²) in [5.74, 6) is 9.47. The van der Waals surface area contributed by atoms with E-state index in [1.165, 1.54) is 36.8 Å². The van der Waals surface area contributed by atoms with Gasteiger partial charge in [-0.2, -0.15) is 0 Å². The number of ether oxygens (including phenoxy) is 1. The third kappa shape index (κ3) is 2.45. The second-order valence-corrected chi connectivity index (χ2v) is 7.25. The first kappa shape index (κ1) is 13.9. The number of nitrogens with two attached hydrogens (primary N) is 1. The van der Waals surface area contributed by atoms with Crippen molar-refractivity contribution in [1.82, 2.24) is 5.43 Å². The zero-order valence-electron chi connectivity index (χ0n) is 12.3. The first-order valence-corrected chi connectivity index (χ1v) is 8.56. The van der Waals surface area contributed by atoms with Crippen LogP contribution in [0.1, 0.15) is 36.8 Å². The van der Waals surface area contributed by atoms with Crippen LogP contribution in [-0.2, 0) is 12.8 Å². The van der Waals surface area contributed by atoms with Gasteiger partial charge in [0.1, 0.15) is 5.75 Å². The number of hydrogen-bond donors (Lipinski definition) is 2. The highest BCUT2D eigenvalue weighted by molar-refractivity contribution is 6.30. The number of hydrazine groups is 1. The lowest BCUT2D eigenvalue weighted by molar-refractivity contribution is 0.349. The molecular formula is C17H23ClN2O. The zero-order valence-corrected chi connectivity index (χ0v) is 13.0. The van der Waals surface area contributed by atoms with Gasteiger partial charge < -0.3 is 4.74 Å². The van der Waals surface area contributed by atoms with Crippen molar-refractivity contribution in [2.75, 3.05) is 6.61 Å². The van der Waals surface area contributed by atoms with Crippen molar-refractivity contribution in [2.45, 2.75) is 44.6 Å². The summed E-state index contributed by atoms with van der Waals surface area (Å²) in [6, 6.07) is 4.45. The smallest absolute Gasteiger partial charge is 0.125 e. The monoisotopic (exact) mass is 306 g/mol. The van der Waals surface area contributed by atoms with E-state index in [-0.39, 0.29) is 0 Å². The van der Waals surface area contributed by atoms with E-state index in [0.717, 1.165) is 48.0 Å². The highest BCUT2D eigenvalue weighted by Crippen LogP contribution is 2.57. The predicted octanol–water partition coefficient (Wildman–Crippen LogP) is 3.09. The van der Waals surface area contributed by atoms with Crippen molar-refractivity contribution in [3.63, 3.8) is 0 Å². The van der Waals surface area contributed by atoms with E-state index < -0.39 is 0 Å². The van der Waals surface area contributed by atoms with Crippen LogP contribution < -0.4 is 16.0 Å². The zero-order chi connectivity index (χ0) is 14.4. The Morgan fingerprint density at radius 1 is 1.29 bits per heavy atom. The fourth-order valence-electron chi connectivity index (χ4n) is 4.69. The summed E-state index contributed by atoms with van der Waals surface area (Å²) in [5.41, 5.74) is 5.56. The van der Waals surface area contributed by atoms with Gasteiger partial charge in [0, 0.05) is 17.5 Å². The Kier molecular flexibility index (Phi) is 3.60. The maximum atomic E-state index is 6.27. The van der Waals surface area contributed by atoms with Gasteiger partial charge in [0.25, 0.3) is 0 Å². The van der Waals surface area contributed by atoms with E-state index >= 15 is 0 Å². The van der Waals surface area contributed by atoms with E-state index in [0.29, 0.717) is 6.04 Å². The average molecular weight is 307 g/mol. The summed E-state index contributed by atoms with van der Waals surface area (Å²) in [4.78, 5) is 0. The summed E-state index contributed by atoms with van der Waals surface area (Å²) in [5, 5.41) is 0.818. The minimum atomic E-state index is 0.352. The first-order chi connectivity index (χ1) is 10.3. The minimum Gasteiger partial charge on any atom is -0.493 e. The van der Waals surface area contributed by atoms with Crippen LogP contribution in [0.25, 0.3) is 0 Å². The Bertz CT molecular complexity index is 536. The fraction of sp³-hybridized carbons (Fsp3) is 0.647. The summed E-state index contributed by atoms with van der Waals surface area (Å²) < 4.78 is 5.82. The fourth-order valence-corrected chi connectivity index (χ4v) is 4.95. The van der Waals surface area contributed by atoms with Crippen LogP contribution in [0.4, 0.5) is 0 Å².